The summed E-state index contributed by atoms with van der Waals surface area (Å²) < 4.78 is 13.3. The molecule has 0 heterocycles. The summed E-state index contributed by atoms with van der Waals surface area (Å²) in [6.07, 6.45) is 1.49. The highest BCUT2D eigenvalue weighted by atomic mass is 79.9. The van der Waals surface area contributed by atoms with E-state index < -0.39 is 12.0 Å². The number of hydrogen-bond acceptors (Lipinski definition) is 5. The largest absolute Gasteiger partial charge is 0.490 e. The molecule has 0 saturated heterocycles. The Morgan fingerprint density at radius 2 is 1.71 bits per heavy atom. The fraction of sp³-hybridized carbons (Fsp3) is 0.160. The van der Waals surface area contributed by atoms with E-state index in [9.17, 15) is 9.59 Å². The summed E-state index contributed by atoms with van der Waals surface area (Å²) in [4.78, 5) is 23.2. The molecule has 35 heavy (non-hydrogen) atoms. The number of amides is 2. The highest BCUT2D eigenvalue weighted by Gasteiger charge is 2.11. The summed E-state index contributed by atoms with van der Waals surface area (Å²) in [6.45, 7) is 4.45. The number of carboxylic acid groups (broad SMARTS) is 1. The molecule has 0 fully saturated rings. The van der Waals surface area contributed by atoms with Gasteiger partial charge in [0.05, 0.1) is 18.4 Å². The minimum atomic E-state index is -0.979. The first-order chi connectivity index (χ1) is 16.8. The molecule has 8 nitrogen and oxygen atoms in total. The van der Waals surface area contributed by atoms with E-state index in [2.05, 4.69) is 47.7 Å². The first kappa shape index (κ1) is 26.2. The number of benzene rings is 3. The zero-order chi connectivity index (χ0) is 25.4. The summed E-state index contributed by atoms with van der Waals surface area (Å²) in [5.41, 5.74) is 5.79. The van der Waals surface area contributed by atoms with Crippen LogP contribution in [0.1, 0.15) is 34.0 Å². The monoisotopic (exact) mass is 603 g/mol. The van der Waals surface area contributed by atoms with Crippen LogP contribution in [-0.4, -0.2) is 29.9 Å². The quantitative estimate of drug-likeness (QED) is 0.195. The Morgan fingerprint density at radius 3 is 2.37 bits per heavy atom. The average molecular weight is 605 g/mol. The van der Waals surface area contributed by atoms with E-state index in [-0.39, 0.29) is 12.2 Å². The van der Waals surface area contributed by atoms with Gasteiger partial charge in [0.25, 0.3) is 0 Å². The van der Waals surface area contributed by atoms with Crippen molar-refractivity contribution < 1.29 is 24.2 Å². The number of urea groups is 1. The van der Waals surface area contributed by atoms with E-state index in [0.29, 0.717) is 33.8 Å². The fourth-order valence-corrected chi connectivity index (χ4v) is 3.65. The number of aryl methyl sites for hydroxylation is 1. The Labute approximate surface area is 219 Å². The molecule has 182 valence electrons. The first-order valence-corrected chi connectivity index (χ1v) is 12.1. The van der Waals surface area contributed by atoms with Gasteiger partial charge in [-0.25, -0.2) is 15.0 Å². The predicted molar refractivity (Wildman–Crippen MR) is 142 cm³/mol. The van der Waals surface area contributed by atoms with E-state index in [1.54, 1.807) is 30.3 Å². The number of rotatable bonds is 9. The number of aromatic carboxylic acids is 1. The molecule has 3 rings (SSSR count). The Bertz CT molecular complexity index is 1250. The zero-order valence-corrected chi connectivity index (χ0v) is 22.1. The highest BCUT2D eigenvalue weighted by Crippen LogP contribution is 2.34. The first-order valence-electron chi connectivity index (χ1n) is 10.5. The third kappa shape index (κ3) is 7.56. The van der Waals surface area contributed by atoms with Crippen molar-refractivity contribution in [2.75, 3.05) is 11.9 Å². The van der Waals surface area contributed by atoms with Crippen LogP contribution < -0.4 is 20.2 Å². The van der Waals surface area contributed by atoms with E-state index >= 15 is 0 Å². The number of hydrazone groups is 1. The van der Waals surface area contributed by atoms with Crippen molar-refractivity contribution in [1.82, 2.24) is 5.43 Å². The van der Waals surface area contributed by atoms with Crippen LogP contribution in [0.15, 0.2) is 68.6 Å². The van der Waals surface area contributed by atoms with Crippen molar-refractivity contribution >= 4 is 55.8 Å². The van der Waals surface area contributed by atoms with E-state index in [1.807, 2.05) is 26.0 Å². The maximum atomic E-state index is 12.1. The summed E-state index contributed by atoms with van der Waals surface area (Å²) in [5, 5.41) is 15.8. The van der Waals surface area contributed by atoms with E-state index in [0.717, 1.165) is 15.6 Å². The summed E-state index contributed by atoms with van der Waals surface area (Å²) in [5.74, 6) is 0.0382. The second kappa shape index (κ2) is 12.4. The second-order valence-corrected chi connectivity index (χ2v) is 9.04. The molecule has 3 aromatic rings. The van der Waals surface area contributed by atoms with Crippen LogP contribution in [0.25, 0.3) is 0 Å². The minimum Gasteiger partial charge on any atom is -0.490 e. The molecule has 3 N–H and O–H groups in total. The van der Waals surface area contributed by atoms with Crippen molar-refractivity contribution in [3.05, 3.63) is 85.8 Å². The maximum Gasteiger partial charge on any atom is 0.339 e. The van der Waals surface area contributed by atoms with Crippen molar-refractivity contribution in [1.29, 1.82) is 0 Å². The van der Waals surface area contributed by atoms with Gasteiger partial charge in [-0.15, -0.1) is 0 Å². The maximum absolute atomic E-state index is 12.1. The van der Waals surface area contributed by atoms with Crippen LogP contribution in [0.3, 0.4) is 0 Å². The van der Waals surface area contributed by atoms with Crippen molar-refractivity contribution in [3.63, 3.8) is 0 Å². The van der Waals surface area contributed by atoms with Crippen LogP contribution in [0.5, 0.6) is 11.5 Å². The predicted octanol–water partition coefficient (Wildman–Crippen LogP) is 6.35. The van der Waals surface area contributed by atoms with Gasteiger partial charge in [-0.05, 0) is 83.4 Å². The van der Waals surface area contributed by atoms with E-state index in [1.165, 1.54) is 18.3 Å². The molecule has 2 amide bonds. The lowest BCUT2D eigenvalue weighted by molar-refractivity contribution is 0.0696. The normalized spacial score (nSPS) is 10.7. The number of carbonyl (C=O) groups excluding carboxylic acids is 1. The van der Waals surface area contributed by atoms with Gasteiger partial charge in [-0.3, -0.25) is 0 Å². The lowest BCUT2D eigenvalue weighted by Gasteiger charge is -2.14. The summed E-state index contributed by atoms with van der Waals surface area (Å²) >= 11 is 6.92. The molecule has 0 saturated carbocycles. The van der Waals surface area contributed by atoms with Crippen LogP contribution >= 0.6 is 31.9 Å². The smallest absolute Gasteiger partial charge is 0.339 e. The van der Waals surface area contributed by atoms with Crippen molar-refractivity contribution in [2.45, 2.75) is 20.5 Å². The standard InChI is InChI=1S/C25H23Br2N3O5/c1-3-34-22-11-18(13-28-30-25(33)29-19-8-9-20(26)15(2)10-19)21(27)12-23(22)35-14-16-4-6-17(7-5-16)24(31)32/h4-13H,3,14H2,1-2H3,(H,31,32)(H2,29,30,33)/b28-13+. The Hall–Kier alpha value is -3.37. The van der Waals surface area contributed by atoms with Crippen LogP contribution in [0, 0.1) is 6.92 Å². The Kier molecular flexibility index (Phi) is 9.27. The van der Waals surface area contributed by atoms with Crippen LogP contribution in [0.2, 0.25) is 0 Å². The number of nitrogens with one attached hydrogen (secondary N) is 2. The van der Waals surface area contributed by atoms with Gasteiger partial charge in [0.2, 0.25) is 0 Å². The van der Waals surface area contributed by atoms with Crippen molar-refractivity contribution in [2.24, 2.45) is 5.10 Å². The SMILES string of the molecule is CCOc1cc(/C=N/NC(=O)Nc2ccc(Br)c(C)c2)c(Br)cc1OCc1ccc(C(=O)O)cc1. The van der Waals surface area contributed by atoms with Gasteiger partial charge in [0.15, 0.2) is 11.5 Å². The second-order valence-electron chi connectivity index (χ2n) is 7.33. The zero-order valence-electron chi connectivity index (χ0n) is 19.0. The number of hydrogen-bond donors (Lipinski definition) is 3. The number of nitrogens with zero attached hydrogens (tertiary/aromatic N) is 1. The molecule has 0 spiro atoms. The molecule has 0 aliphatic heterocycles. The fourth-order valence-electron chi connectivity index (χ4n) is 2.98. The van der Waals surface area contributed by atoms with Crippen LogP contribution in [-0.2, 0) is 6.61 Å². The van der Waals surface area contributed by atoms with Crippen LogP contribution in [0.4, 0.5) is 10.5 Å². The highest BCUT2D eigenvalue weighted by molar-refractivity contribution is 9.10. The molecule has 0 atom stereocenters. The lowest BCUT2D eigenvalue weighted by Crippen LogP contribution is -2.24. The minimum absolute atomic E-state index is 0.212. The Balaban J connectivity index is 1.65. The third-order valence-electron chi connectivity index (χ3n) is 4.74. The molecule has 0 aliphatic rings. The van der Waals surface area contributed by atoms with Gasteiger partial charge in [0.1, 0.15) is 6.61 Å². The van der Waals surface area contributed by atoms with Gasteiger partial charge >= 0.3 is 12.0 Å². The number of anilines is 1. The summed E-state index contributed by atoms with van der Waals surface area (Å²) in [6, 6.07) is 15.0. The average Bonchev–Trinajstić information content (AvgIpc) is 2.82. The van der Waals surface area contributed by atoms with Gasteiger partial charge in [-0.2, -0.15) is 5.10 Å². The molecule has 0 radical (unpaired) electrons. The van der Waals surface area contributed by atoms with E-state index in [4.69, 9.17) is 14.6 Å². The van der Waals surface area contributed by atoms with Gasteiger partial charge in [-0.1, -0.05) is 28.1 Å². The number of ether oxygens (including phenoxy) is 2. The third-order valence-corrected chi connectivity index (χ3v) is 6.32. The van der Waals surface area contributed by atoms with Gasteiger partial charge < -0.3 is 19.9 Å². The number of halogens is 2. The number of carboxylic acids is 1. The molecule has 10 heteroatoms. The topological polar surface area (TPSA) is 109 Å². The molecular formula is C25H23Br2N3O5. The molecule has 0 unspecified atom stereocenters. The lowest BCUT2D eigenvalue weighted by atomic mass is 10.1. The molecular weight excluding hydrogens is 582 g/mol. The number of carbonyl (C=O) groups is 2. The summed E-state index contributed by atoms with van der Waals surface area (Å²) in [7, 11) is 0. The molecule has 0 aromatic heterocycles. The Morgan fingerprint density at radius 1 is 1.00 bits per heavy atom. The molecule has 0 bridgehead atoms. The van der Waals surface area contributed by atoms with Gasteiger partial charge in [0, 0.05) is 20.2 Å². The molecule has 0 aliphatic carbocycles. The van der Waals surface area contributed by atoms with Crippen molar-refractivity contribution in [3.8, 4) is 11.5 Å². The molecule has 3 aromatic carbocycles.